The van der Waals surface area contributed by atoms with Gasteiger partial charge in [-0.05, 0) is 67.8 Å². The minimum absolute atomic E-state index is 0. The van der Waals surface area contributed by atoms with Crippen molar-refractivity contribution in [2.45, 2.75) is 0 Å². The van der Waals surface area contributed by atoms with Gasteiger partial charge in [0.05, 0.1) is 24.0 Å². The second-order valence-corrected chi connectivity index (χ2v) is 5.95. The van der Waals surface area contributed by atoms with Crippen molar-refractivity contribution in [1.29, 1.82) is 0 Å². The summed E-state index contributed by atoms with van der Waals surface area (Å²) in [7, 11) is 0. The van der Waals surface area contributed by atoms with E-state index >= 15 is 0 Å². The first-order valence-corrected chi connectivity index (χ1v) is 6.95. The molecule has 0 fully saturated rings. The molecular weight excluding hydrogens is 578 g/mol. The third-order valence-electron chi connectivity index (χ3n) is 1.78. The van der Waals surface area contributed by atoms with Crippen LogP contribution in [0.25, 0.3) is 0 Å². The molecule has 87 valence electrons. The van der Waals surface area contributed by atoms with Gasteiger partial charge in [-0.3, -0.25) is 0 Å². The monoisotopic (exact) mass is 582 g/mol. The van der Waals surface area contributed by atoms with E-state index in [9.17, 15) is 9.59 Å². The fourth-order valence-electron chi connectivity index (χ4n) is 1.06. The number of nitrogen functional groups attached to an aromatic ring is 1. The Kier molecular flexibility index (Phi) is 7.55. The minimum Gasteiger partial charge on any atom is -0.478 e. The molecule has 0 aromatic heterocycles. The topological polar surface area (TPSA) is 101 Å². The molecule has 0 heterocycles. The number of aromatic carboxylic acids is 2. The van der Waals surface area contributed by atoms with Crippen LogP contribution in [0.4, 0.5) is 5.69 Å². The van der Waals surface area contributed by atoms with E-state index in [0.717, 1.165) is 0 Å². The van der Waals surface area contributed by atoms with Gasteiger partial charge in [0.1, 0.15) is 0 Å². The van der Waals surface area contributed by atoms with Crippen molar-refractivity contribution >= 4 is 115 Å². The summed E-state index contributed by atoms with van der Waals surface area (Å²) in [6, 6.07) is 0. The van der Waals surface area contributed by atoms with E-state index in [2.05, 4.69) is 0 Å². The van der Waals surface area contributed by atoms with E-state index < -0.39 is 11.9 Å². The SMILES string of the molecule is Nc1c(I)c(C(=O)O)c(I)c(C(=O)O)c1I.[Na]. The van der Waals surface area contributed by atoms with Gasteiger partial charge in [-0.25, -0.2) is 9.59 Å². The Morgan fingerprint density at radius 2 is 1.18 bits per heavy atom. The maximum Gasteiger partial charge on any atom is 0.337 e. The number of anilines is 1. The Morgan fingerprint density at radius 1 is 0.882 bits per heavy atom. The molecule has 0 unspecified atom stereocenters. The van der Waals surface area contributed by atoms with Gasteiger partial charge in [0.2, 0.25) is 0 Å². The molecule has 0 aliphatic rings. The van der Waals surface area contributed by atoms with Crippen LogP contribution in [-0.2, 0) is 0 Å². The van der Waals surface area contributed by atoms with Crippen LogP contribution >= 0.6 is 67.8 Å². The average molecular weight is 582 g/mol. The predicted molar refractivity (Wildman–Crippen MR) is 88.7 cm³/mol. The number of nitrogens with two attached hydrogens (primary N) is 1. The first-order chi connectivity index (χ1) is 7.29. The van der Waals surface area contributed by atoms with Crippen LogP contribution in [0.3, 0.4) is 0 Å². The summed E-state index contributed by atoms with van der Waals surface area (Å²) in [6.07, 6.45) is 0. The van der Waals surface area contributed by atoms with Crippen molar-refractivity contribution in [2.24, 2.45) is 0 Å². The Balaban J connectivity index is 0.00000256. The normalized spacial score (nSPS) is 9.59. The van der Waals surface area contributed by atoms with Crippen LogP contribution in [0.5, 0.6) is 0 Å². The molecule has 0 saturated heterocycles. The van der Waals surface area contributed by atoms with E-state index in [4.69, 9.17) is 15.9 Å². The van der Waals surface area contributed by atoms with E-state index in [1.54, 1.807) is 67.8 Å². The molecule has 9 heteroatoms. The standard InChI is InChI=1S/C8H4I3NO4.Na/c9-3-1(7(13)14)4(10)6(12)5(11)2(3)8(15)16;/h12H2,(H,13,14)(H,15,16);. The van der Waals surface area contributed by atoms with Crippen LogP contribution < -0.4 is 5.73 Å². The average Bonchev–Trinajstić information content (AvgIpc) is 2.13. The number of hydrogen-bond donors (Lipinski definition) is 3. The molecule has 5 nitrogen and oxygen atoms in total. The summed E-state index contributed by atoms with van der Waals surface area (Å²) in [6.45, 7) is 0. The summed E-state index contributed by atoms with van der Waals surface area (Å²) >= 11 is 5.32. The van der Waals surface area contributed by atoms with E-state index in [0.29, 0.717) is 7.14 Å². The molecule has 1 aromatic rings. The van der Waals surface area contributed by atoms with Crippen molar-refractivity contribution in [3.05, 3.63) is 21.8 Å². The van der Waals surface area contributed by atoms with Gasteiger partial charge in [0, 0.05) is 33.1 Å². The van der Waals surface area contributed by atoms with Gasteiger partial charge in [0.15, 0.2) is 0 Å². The molecule has 0 aliphatic heterocycles. The number of carbonyl (C=O) groups is 2. The largest absolute Gasteiger partial charge is 0.478 e. The first kappa shape index (κ1) is 18.1. The van der Waals surface area contributed by atoms with Gasteiger partial charge in [0.25, 0.3) is 0 Å². The van der Waals surface area contributed by atoms with Crippen molar-refractivity contribution in [3.63, 3.8) is 0 Å². The molecule has 1 radical (unpaired) electrons. The molecule has 0 saturated carbocycles. The number of hydrogen-bond acceptors (Lipinski definition) is 3. The van der Waals surface area contributed by atoms with E-state index in [1.165, 1.54) is 0 Å². The minimum atomic E-state index is -1.18. The molecule has 1 rings (SSSR count). The molecular formula is C8H4I3NNaO4. The van der Waals surface area contributed by atoms with Gasteiger partial charge in [-0.2, -0.15) is 0 Å². The fourth-order valence-corrected chi connectivity index (χ4v) is 5.15. The second-order valence-electron chi connectivity index (χ2n) is 2.72. The molecule has 0 bridgehead atoms. The Bertz CT molecular complexity index is 465. The van der Waals surface area contributed by atoms with Gasteiger partial charge in [-0.15, -0.1) is 0 Å². The zero-order valence-corrected chi connectivity index (χ0v) is 16.9. The van der Waals surface area contributed by atoms with Crippen LogP contribution in [0.1, 0.15) is 20.7 Å². The molecule has 0 aliphatic carbocycles. The van der Waals surface area contributed by atoms with Crippen molar-refractivity contribution < 1.29 is 19.8 Å². The molecule has 1 aromatic carbocycles. The zero-order chi connectivity index (χ0) is 12.6. The van der Waals surface area contributed by atoms with Gasteiger partial charge in [-0.1, -0.05) is 0 Å². The molecule has 0 spiro atoms. The van der Waals surface area contributed by atoms with Crippen molar-refractivity contribution in [1.82, 2.24) is 0 Å². The Hall–Kier alpha value is 1.15. The number of benzene rings is 1. The molecule has 0 amide bonds. The molecule has 17 heavy (non-hydrogen) atoms. The quantitative estimate of drug-likeness (QED) is 0.282. The third-order valence-corrected chi connectivity index (χ3v) is 5.10. The third kappa shape index (κ3) is 3.58. The van der Waals surface area contributed by atoms with Crippen LogP contribution in [0, 0.1) is 10.7 Å². The molecule has 0 atom stereocenters. The maximum absolute atomic E-state index is 11.0. The summed E-state index contributed by atoms with van der Waals surface area (Å²) in [5.41, 5.74) is 5.76. The smallest absolute Gasteiger partial charge is 0.337 e. The Labute approximate surface area is 160 Å². The van der Waals surface area contributed by atoms with Gasteiger partial charge < -0.3 is 15.9 Å². The van der Waals surface area contributed by atoms with E-state index in [-0.39, 0.29) is 49.9 Å². The fraction of sp³-hybridized carbons (Fsp3) is 0. The van der Waals surface area contributed by atoms with Crippen molar-refractivity contribution in [2.75, 3.05) is 5.73 Å². The van der Waals surface area contributed by atoms with Crippen LogP contribution in [0.15, 0.2) is 0 Å². The number of carboxylic acids is 2. The summed E-state index contributed by atoms with van der Waals surface area (Å²) < 4.78 is 0.924. The number of halogens is 3. The Morgan fingerprint density at radius 3 is 1.41 bits per heavy atom. The zero-order valence-electron chi connectivity index (χ0n) is 8.42. The number of rotatable bonds is 2. The van der Waals surface area contributed by atoms with Crippen LogP contribution in [0.2, 0.25) is 0 Å². The first-order valence-electron chi connectivity index (χ1n) is 3.71. The second kappa shape index (κ2) is 7.07. The maximum atomic E-state index is 11.0. The van der Waals surface area contributed by atoms with Crippen LogP contribution in [-0.4, -0.2) is 51.7 Å². The van der Waals surface area contributed by atoms with Gasteiger partial charge >= 0.3 is 11.9 Å². The van der Waals surface area contributed by atoms with Crippen molar-refractivity contribution in [3.8, 4) is 0 Å². The summed E-state index contributed by atoms with van der Waals surface area (Å²) in [5, 5.41) is 18.0. The number of carboxylic acid groups (broad SMARTS) is 2. The summed E-state index contributed by atoms with van der Waals surface area (Å²) in [5.74, 6) is -2.36. The predicted octanol–water partition coefficient (Wildman–Crippen LogP) is 2.10. The summed E-state index contributed by atoms with van der Waals surface area (Å²) in [4.78, 5) is 22.0. The molecule has 4 N–H and O–H groups in total. The van der Waals surface area contributed by atoms with E-state index in [1.807, 2.05) is 0 Å².